The Bertz CT molecular complexity index is 1290. The topological polar surface area (TPSA) is 59.2 Å². The number of para-hydroxylation sites is 1. The van der Waals surface area contributed by atoms with E-state index < -0.39 is 0 Å². The molecule has 0 unspecified atom stereocenters. The first-order valence-electron chi connectivity index (χ1n) is 16.4. The molecule has 8 heteroatoms. The molecule has 0 radical (unpaired) electrons. The highest BCUT2D eigenvalue weighted by Crippen LogP contribution is 2.40. The number of rotatable bonds is 9. The van der Waals surface area contributed by atoms with Crippen LogP contribution in [0.5, 0.6) is 0 Å². The van der Waals surface area contributed by atoms with E-state index in [1.54, 1.807) is 0 Å². The van der Waals surface area contributed by atoms with E-state index in [2.05, 4.69) is 91.0 Å². The summed E-state index contributed by atoms with van der Waals surface area (Å²) in [5.74, 6) is 0. The second-order valence-corrected chi connectivity index (χ2v) is 12.8. The Morgan fingerprint density at radius 3 is 2.14 bits per heavy atom. The number of nitrogens with zero attached hydrogens (tertiary/aromatic N) is 6. The monoisotopic (exact) mass is 572 g/mol. The standard InChI is InChI=1S/C34H52N8/c1-37-20-24-39(25-21-37)15-5-14-36-29-12-10-28(11-13-29)33-34-32(35)30-8-3-4-9-31(30)42(34)19-7-18-41(33)17-6-16-40-26-22-38(2)23-27-40/h3-4,8-10,12-13,36H,5-7,11,14-27,35H2,1-2H3/b33-28+. The van der Waals surface area contributed by atoms with Gasteiger partial charge in [-0.3, -0.25) is 0 Å². The minimum absolute atomic E-state index is 0.933. The molecule has 6 rings (SSSR count). The minimum Gasteiger partial charge on any atom is -0.396 e. The van der Waals surface area contributed by atoms with Gasteiger partial charge in [0.2, 0.25) is 0 Å². The Hall–Kier alpha value is -2.78. The molecule has 0 spiro atoms. The maximum Gasteiger partial charge on any atom is 0.0892 e. The smallest absolute Gasteiger partial charge is 0.0892 e. The van der Waals surface area contributed by atoms with Crippen molar-refractivity contribution in [3.63, 3.8) is 0 Å². The van der Waals surface area contributed by atoms with Crippen LogP contribution in [0.2, 0.25) is 0 Å². The molecule has 4 aliphatic rings. The van der Waals surface area contributed by atoms with Crippen molar-refractivity contribution in [1.82, 2.24) is 34.4 Å². The summed E-state index contributed by atoms with van der Waals surface area (Å²) in [5.41, 5.74) is 14.4. The summed E-state index contributed by atoms with van der Waals surface area (Å²) >= 11 is 0. The van der Waals surface area contributed by atoms with Crippen LogP contribution in [0.3, 0.4) is 0 Å². The van der Waals surface area contributed by atoms with E-state index in [4.69, 9.17) is 5.73 Å². The van der Waals surface area contributed by atoms with Crippen LogP contribution in [-0.2, 0) is 6.54 Å². The lowest BCUT2D eigenvalue weighted by Gasteiger charge is -2.34. The Labute approximate surface area is 253 Å². The van der Waals surface area contributed by atoms with Crippen molar-refractivity contribution < 1.29 is 0 Å². The maximum absolute atomic E-state index is 6.97. The molecule has 1 aromatic carbocycles. The molecule has 3 N–H and O–H groups in total. The van der Waals surface area contributed by atoms with Crippen molar-refractivity contribution in [2.45, 2.75) is 32.2 Å². The lowest BCUT2D eigenvalue weighted by molar-refractivity contribution is 0.150. The Morgan fingerprint density at radius 1 is 0.762 bits per heavy atom. The number of hydrogen-bond donors (Lipinski definition) is 2. The average molecular weight is 573 g/mol. The van der Waals surface area contributed by atoms with Crippen molar-refractivity contribution in [3.05, 3.63) is 59.5 Å². The van der Waals surface area contributed by atoms with Crippen LogP contribution in [0.4, 0.5) is 5.69 Å². The predicted molar refractivity (Wildman–Crippen MR) is 176 cm³/mol. The number of fused-ring (bicyclic) bond motifs is 3. The molecule has 1 aromatic heterocycles. The number of hydrogen-bond acceptors (Lipinski definition) is 7. The van der Waals surface area contributed by atoms with E-state index in [0.29, 0.717) is 0 Å². The van der Waals surface area contributed by atoms with Crippen molar-refractivity contribution in [2.75, 3.05) is 105 Å². The Kier molecular flexibility index (Phi) is 9.54. The van der Waals surface area contributed by atoms with Gasteiger partial charge in [-0.15, -0.1) is 0 Å². The molecule has 0 saturated carbocycles. The number of nitrogen functional groups attached to an aromatic ring is 1. The number of piperazine rings is 2. The van der Waals surface area contributed by atoms with E-state index in [1.807, 2.05) is 0 Å². The fraction of sp³-hybridized carbons (Fsp3) is 0.588. The summed E-state index contributed by atoms with van der Waals surface area (Å²) < 4.78 is 2.50. The molecule has 228 valence electrons. The first-order chi connectivity index (χ1) is 20.6. The normalized spacial score (nSPS) is 23.3. The summed E-state index contributed by atoms with van der Waals surface area (Å²) in [6.45, 7) is 16.0. The molecule has 2 aromatic rings. The van der Waals surface area contributed by atoms with Gasteiger partial charge in [0.25, 0.3) is 0 Å². The van der Waals surface area contributed by atoms with Crippen LogP contribution >= 0.6 is 0 Å². The first-order valence-corrected chi connectivity index (χ1v) is 16.4. The molecular formula is C34H52N8. The molecule has 42 heavy (non-hydrogen) atoms. The lowest BCUT2D eigenvalue weighted by Crippen LogP contribution is -2.45. The lowest BCUT2D eigenvalue weighted by atomic mass is 10.00. The van der Waals surface area contributed by atoms with E-state index in [9.17, 15) is 0 Å². The molecule has 4 heterocycles. The Balaban J connectivity index is 1.16. The fourth-order valence-corrected chi connectivity index (χ4v) is 7.09. The molecule has 1 aliphatic carbocycles. The van der Waals surface area contributed by atoms with Gasteiger partial charge >= 0.3 is 0 Å². The summed E-state index contributed by atoms with van der Waals surface area (Å²) in [6.07, 6.45) is 11.5. The highest BCUT2D eigenvalue weighted by molar-refractivity contribution is 5.99. The van der Waals surface area contributed by atoms with Gasteiger partial charge in [-0.1, -0.05) is 30.4 Å². The molecule has 8 nitrogen and oxygen atoms in total. The van der Waals surface area contributed by atoms with Gasteiger partial charge in [-0.25, -0.2) is 0 Å². The molecule has 2 saturated heterocycles. The van der Waals surface area contributed by atoms with Gasteiger partial charge in [0.1, 0.15) is 0 Å². The van der Waals surface area contributed by atoms with Gasteiger partial charge in [-0.2, -0.15) is 0 Å². The molecule has 2 fully saturated rings. The largest absolute Gasteiger partial charge is 0.396 e. The van der Waals surface area contributed by atoms with Crippen LogP contribution in [0.25, 0.3) is 16.6 Å². The van der Waals surface area contributed by atoms with Gasteiger partial charge < -0.3 is 40.1 Å². The van der Waals surface area contributed by atoms with Crippen molar-refractivity contribution in [2.24, 2.45) is 0 Å². The average Bonchev–Trinajstić information content (AvgIpc) is 3.15. The third-order valence-electron chi connectivity index (χ3n) is 9.74. The van der Waals surface area contributed by atoms with Gasteiger partial charge in [0.05, 0.1) is 22.6 Å². The second kappa shape index (κ2) is 13.7. The van der Waals surface area contributed by atoms with Crippen LogP contribution in [0.1, 0.15) is 31.4 Å². The highest BCUT2D eigenvalue weighted by atomic mass is 15.3. The zero-order valence-electron chi connectivity index (χ0n) is 26.0. The first kappa shape index (κ1) is 29.3. The molecule has 3 aliphatic heterocycles. The summed E-state index contributed by atoms with van der Waals surface area (Å²) in [6, 6.07) is 8.68. The number of allylic oxidation sites excluding steroid dienone is 4. The number of nitrogens with one attached hydrogen (secondary N) is 1. The van der Waals surface area contributed by atoms with Crippen LogP contribution in [-0.4, -0.2) is 128 Å². The van der Waals surface area contributed by atoms with E-state index in [-0.39, 0.29) is 0 Å². The van der Waals surface area contributed by atoms with E-state index >= 15 is 0 Å². The van der Waals surface area contributed by atoms with Crippen molar-refractivity contribution in [1.29, 1.82) is 0 Å². The van der Waals surface area contributed by atoms with E-state index in [0.717, 1.165) is 44.7 Å². The van der Waals surface area contributed by atoms with Crippen molar-refractivity contribution in [3.8, 4) is 0 Å². The van der Waals surface area contributed by atoms with Gasteiger partial charge in [0, 0.05) is 89.6 Å². The number of aryl methyl sites for hydroxylation is 1. The quantitative estimate of drug-likeness (QED) is 0.447. The number of benzene rings is 1. The van der Waals surface area contributed by atoms with Crippen molar-refractivity contribution >= 4 is 22.3 Å². The molecule has 0 atom stereocenters. The fourth-order valence-electron chi connectivity index (χ4n) is 7.09. The minimum atomic E-state index is 0.933. The third-order valence-corrected chi connectivity index (χ3v) is 9.74. The summed E-state index contributed by atoms with van der Waals surface area (Å²) in [5, 5.41) is 4.89. The number of likely N-dealkylation sites (N-methyl/N-ethyl adjacent to an activating group) is 2. The number of anilines is 1. The van der Waals surface area contributed by atoms with E-state index in [1.165, 1.54) is 112 Å². The zero-order valence-corrected chi connectivity index (χ0v) is 26.0. The van der Waals surface area contributed by atoms with Crippen LogP contribution in [0.15, 0.2) is 53.8 Å². The third kappa shape index (κ3) is 6.72. The Morgan fingerprint density at radius 2 is 1.45 bits per heavy atom. The highest BCUT2D eigenvalue weighted by Gasteiger charge is 2.27. The zero-order chi connectivity index (χ0) is 28.9. The van der Waals surface area contributed by atoms with Gasteiger partial charge in [0.15, 0.2) is 0 Å². The number of nitrogens with two attached hydrogens (primary N) is 1. The van der Waals surface area contributed by atoms with Crippen LogP contribution in [0, 0.1) is 0 Å². The molecular weight excluding hydrogens is 520 g/mol. The van der Waals surface area contributed by atoms with Gasteiger partial charge in [-0.05, 0) is 70.6 Å². The molecule has 0 amide bonds. The summed E-state index contributed by atoms with van der Waals surface area (Å²) in [7, 11) is 4.46. The molecule has 0 bridgehead atoms. The summed E-state index contributed by atoms with van der Waals surface area (Å²) in [4.78, 5) is 12.8. The van der Waals surface area contributed by atoms with Crippen LogP contribution < -0.4 is 11.1 Å². The predicted octanol–water partition coefficient (Wildman–Crippen LogP) is 3.35. The number of aromatic nitrogens is 1. The SMILES string of the molecule is CN1CCN(CCCNC2=CC/C(=C3\c4c(N)c5ccccc5n4CCCN3CCCN3CCN(C)CC3)C=C2)CC1. The maximum atomic E-state index is 6.97. The second-order valence-electron chi connectivity index (χ2n) is 12.8.